The van der Waals surface area contributed by atoms with Gasteiger partial charge in [0.1, 0.15) is 23.0 Å². The molecule has 14 aromatic rings. The fraction of sp³-hybridized carbons (Fsp3) is 0.125. The highest BCUT2D eigenvalue weighted by molar-refractivity contribution is 7.03. The standard InChI is InChI=1S/C96H78B2N2O2/c1-94(2,3)69-54-74(63-36-20-12-21-37-63)91(75(55-69)64-38-22-13-23-39-64)99-81-53-68(73-52-67(61-32-16-10-17-33-61)48-50-72(73)62-34-18-11-19-35-62)49-51-78(81)98-88-82(99)58-71(96(7,8)9)59-83(88)100(92-76(65-40-24-14-25-41-65)56-70(95(4,5)6)57-77(92)66-42-26-15-27-43-66)84-60-87-90-93(89(84)98)102-86-47-31-29-45-80(86)97(90)79-44-28-30-46-85(79)101-87/h10-60H,1-9H3/i28D,29D,30D,31D,44D,45D,46D,47D,48D,49D,50D,51D,52D,53D,60D. The molecule has 102 heavy (non-hydrogen) atoms. The highest BCUT2D eigenvalue weighted by Gasteiger charge is 2.51. The molecule has 0 N–H and O–H groups in total. The Morgan fingerprint density at radius 1 is 0.284 bits per heavy atom. The van der Waals surface area contributed by atoms with Crippen molar-refractivity contribution in [2.75, 3.05) is 9.80 Å². The molecule has 6 heteroatoms. The molecule has 4 aliphatic heterocycles. The van der Waals surface area contributed by atoms with Gasteiger partial charge in [-0.2, -0.15) is 0 Å². The van der Waals surface area contributed by atoms with Crippen LogP contribution < -0.4 is 52.1 Å². The van der Waals surface area contributed by atoms with Crippen LogP contribution in [0.25, 0.3) is 77.9 Å². The molecule has 4 heterocycles. The van der Waals surface area contributed by atoms with E-state index in [1.54, 1.807) is 48.5 Å². The van der Waals surface area contributed by atoms with E-state index in [0.29, 0.717) is 61.6 Å². The Morgan fingerprint density at radius 3 is 1.13 bits per heavy atom. The van der Waals surface area contributed by atoms with E-state index in [4.69, 9.17) is 9.47 Å². The summed E-state index contributed by atoms with van der Waals surface area (Å²) in [5.74, 6) is -1.10. The number of nitrogens with zero attached hydrogens (tertiary/aromatic N) is 2. The van der Waals surface area contributed by atoms with Crippen molar-refractivity contribution in [1.29, 1.82) is 0 Å². The van der Waals surface area contributed by atoms with E-state index in [2.05, 4.69) is 109 Å². The number of ether oxygens (including phenoxy) is 2. The molecule has 14 aromatic carbocycles. The van der Waals surface area contributed by atoms with Gasteiger partial charge in [0.25, 0.3) is 13.4 Å². The maximum Gasteiger partial charge on any atom is 0.260 e. The van der Waals surface area contributed by atoms with Gasteiger partial charge in [-0.05, 0) is 176 Å². The average molecular weight is 1330 g/mol. The Hall–Kier alpha value is -11.6. The second kappa shape index (κ2) is 24.1. The van der Waals surface area contributed by atoms with Crippen LogP contribution in [-0.2, 0) is 16.2 Å². The summed E-state index contributed by atoms with van der Waals surface area (Å²) in [6.07, 6.45) is 0. The molecule has 0 aliphatic carbocycles. The summed E-state index contributed by atoms with van der Waals surface area (Å²) in [5.41, 5.74) is 10.2. The monoisotopic (exact) mass is 1330 g/mol. The molecule has 490 valence electrons. The minimum absolute atomic E-state index is 0.00205. The van der Waals surface area contributed by atoms with Gasteiger partial charge in [0.15, 0.2) is 0 Å². The lowest BCUT2D eigenvalue weighted by atomic mass is 9.30. The van der Waals surface area contributed by atoms with Crippen molar-refractivity contribution >= 4 is 80.3 Å². The quantitative estimate of drug-likeness (QED) is 0.135. The topological polar surface area (TPSA) is 24.9 Å². The van der Waals surface area contributed by atoms with Gasteiger partial charge in [-0.3, -0.25) is 0 Å². The lowest BCUT2D eigenvalue weighted by Crippen LogP contribution is -2.65. The number of hydrogen-bond acceptors (Lipinski definition) is 4. The van der Waals surface area contributed by atoms with Gasteiger partial charge in [-0.25, -0.2) is 0 Å². The zero-order chi connectivity index (χ0) is 82.4. The molecular formula is C96H78B2N2O2. The molecule has 0 radical (unpaired) electrons. The van der Waals surface area contributed by atoms with Crippen molar-refractivity contribution < 1.29 is 30.0 Å². The largest absolute Gasteiger partial charge is 0.459 e. The van der Waals surface area contributed by atoms with Crippen LogP contribution in [0.15, 0.2) is 309 Å². The summed E-state index contributed by atoms with van der Waals surface area (Å²) < 4.78 is 169. The number of rotatable bonds is 9. The highest BCUT2D eigenvalue weighted by Crippen LogP contribution is 2.57. The van der Waals surface area contributed by atoms with E-state index in [0.717, 1.165) is 38.9 Å². The van der Waals surface area contributed by atoms with Crippen LogP contribution in [0.1, 0.15) is 99.6 Å². The van der Waals surface area contributed by atoms with E-state index < -0.39 is 90.1 Å². The summed E-state index contributed by atoms with van der Waals surface area (Å²) in [4.78, 5) is 4.14. The fourth-order valence-corrected chi connectivity index (χ4v) is 15.2. The van der Waals surface area contributed by atoms with E-state index >= 15 is 0 Å². The Morgan fingerprint density at radius 2 is 0.676 bits per heavy atom. The zero-order valence-corrected chi connectivity index (χ0v) is 58.2. The molecule has 18 rings (SSSR count). The molecule has 0 atom stereocenters. The molecule has 0 bridgehead atoms. The van der Waals surface area contributed by atoms with Gasteiger partial charge in [-0.15, -0.1) is 0 Å². The van der Waals surface area contributed by atoms with E-state index in [9.17, 15) is 20.6 Å². The molecular weight excluding hydrogens is 1230 g/mol. The number of fused-ring (bicyclic) bond motifs is 9. The van der Waals surface area contributed by atoms with Crippen LogP contribution in [0, 0.1) is 0 Å². The fourth-order valence-electron chi connectivity index (χ4n) is 15.2. The van der Waals surface area contributed by atoms with E-state index in [-0.39, 0.29) is 114 Å². The maximum absolute atomic E-state index is 12.0. The number of hydrogen-bond donors (Lipinski definition) is 0. The van der Waals surface area contributed by atoms with E-state index in [1.807, 2.05) is 133 Å². The SMILES string of the molecule is [2H]c1c([2H])c([2H])c2c(c1[2H])Oc1c([2H])c3c(c4c1B2c1c([2H])c([2H])c([2H])c([2H])c1O4)B1c2c(cc(C(C)(C)C)cc2N3c2c(-c3ccccc3)cc(C(C)(C)C)cc2-c2ccccc2)N(c2c(-c3ccccc3)cc(C(C)(C)C)cc2-c2ccccc2)c2c([2H])c(-c3c([2H])c(-c4ccccc4)c([2H])c([2H])c3-c3ccccc3)c([2H])c([2H])c21. The first kappa shape index (κ1) is 48.2. The van der Waals surface area contributed by atoms with Crippen molar-refractivity contribution in [2.24, 2.45) is 0 Å². The summed E-state index contributed by atoms with van der Waals surface area (Å²) in [6.45, 7) is 16.3. The first-order valence-electron chi connectivity index (χ1n) is 42.3. The van der Waals surface area contributed by atoms with Crippen molar-refractivity contribution in [3.8, 4) is 101 Å². The average Bonchev–Trinajstić information content (AvgIpc) is 0.662. The Labute approximate surface area is 622 Å². The summed E-state index contributed by atoms with van der Waals surface area (Å²) in [6, 6.07) is 63.4. The lowest BCUT2D eigenvalue weighted by molar-refractivity contribution is 0.467. The van der Waals surface area contributed by atoms with Gasteiger partial charge in [0.2, 0.25) is 0 Å². The Balaban J connectivity index is 1.13. The third kappa shape index (κ3) is 10.4. The highest BCUT2D eigenvalue weighted by atomic mass is 16.5. The molecule has 0 spiro atoms. The Bertz CT molecular complexity index is 6440. The number of para-hydroxylation sites is 2. The van der Waals surface area contributed by atoms with Gasteiger partial charge in [-0.1, -0.05) is 305 Å². The molecule has 4 aliphatic rings. The van der Waals surface area contributed by atoms with Gasteiger partial charge < -0.3 is 19.3 Å². The van der Waals surface area contributed by atoms with Crippen molar-refractivity contribution in [3.05, 3.63) is 326 Å². The van der Waals surface area contributed by atoms with Crippen molar-refractivity contribution in [2.45, 2.75) is 78.6 Å². The molecule has 0 fully saturated rings. The van der Waals surface area contributed by atoms with Crippen LogP contribution in [-0.4, -0.2) is 13.4 Å². The normalized spacial score (nSPS) is 15.3. The number of benzene rings is 14. The second-order valence-corrected chi connectivity index (χ2v) is 29.9. The molecule has 0 saturated heterocycles. The van der Waals surface area contributed by atoms with Gasteiger partial charge in [0.05, 0.1) is 31.9 Å². The number of anilines is 6. The van der Waals surface area contributed by atoms with Crippen LogP contribution >= 0.6 is 0 Å². The predicted molar refractivity (Wildman–Crippen MR) is 432 cm³/mol. The van der Waals surface area contributed by atoms with Gasteiger partial charge >= 0.3 is 0 Å². The molecule has 0 saturated carbocycles. The minimum atomic E-state index is -1.56. The van der Waals surface area contributed by atoms with Crippen molar-refractivity contribution in [3.63, 3.8) is 0 Å². The first-order chi connectivity index (χ1) is 55.8. The molecule has 0 unspecified atom stereocenters. The summed E-state index contributed by atoms with van der Waals surface area (Å²) in [7, 11) is 0. The van der Waals surface area contributed by atoms with Crippen LogP contribution in [0.2, 0.25) is 0 Å². The maximum atomic E-state index is 12.0. The third-order valence-electron chi connectivity index (χ3n) is 20.4. The van der Waals surface area contributed by atoms with Gasteiger partial charge in [0, 0.05) is 56.5 Å². The van der Waals surface area contributed by atoms with E-state index in [1.165, 1.54) is 0 Å². The smallest absolute Gasteiger partial charge is 0.260 e. The van der Waals surface area contributed by atoms with Crippen LogP contribution in [0.3, 0.4) is 0 Å². The predicted octanol–water partition coefficient (Wildman–Crippen LogP) is 22.1. The molecule has 0 aromatic heterocycles. The molecule has 4 nitrogen and oxygen atoms in total. The summed E-state index contributed by atoms with van der Waals surface area (Å²) in [5, 5.41) is 0. The molecule has 0 amide bonds. The third-order valence-corrected chi connectivity index (χ3v) is 20.4. The van der Waals surface area contributed by atoms with Crippen LogP contribution in [0.4, 0.5) is 34.1 Å². The van der Waals surface area contributed by atoms with Crippen LogP contribution in [0.5, 0.6) is 23.0 Å². The lowest BCUT2D eigenvalue weighted by Gasteiger charge is -2.48. The van der Waals surface area contributed by atoms with Crippen molar-refractivity contribution in [1.82, 2.24) is 0 Å². The second-order valence-electron chi connectivity index (χ2n) is 29.9. The zero-order valence-electron chi connectivity index (χ0n) is 73.2. The minimum Gasteiger partial charge on any atom is -0.459 e. The summed E-state index contributed by atoms with van der Waals surface area (Å²) >= 11 is 0. The first-order valence-corrected chi connectivity index (χ1v) is 34.8. The Kier molecular flexibility index (Phi) is 11.4.